The van der Waals surface area contributed by atoms with Crippen molar-refractivity contribution in [2.75, 3.05) is 6.54 Å². The zero-order chi connectivity index (χ0) is 13.4. The standard InChI is InChI=1S/C15H21BrFN/c1-14(2,3)18-10-15(6-7-15)9-11-4-5-12(17)8-13(11)16/h4-5,8,18H,6-7,9-10H2,1-3H3. The van der Waals surface area contributed by atoms with Gasteiger partial charge >= 0.3 is 0 Å². The molecule has 100 valence electrons. The van der Waals surface area contributed by atoms with Crippen LogP contribution in [0.5, 0.6) is 0 Å². The predicted molar refractivity (Wildman–Crippen MR) is 77.2 cm³/mol. The maximum atomic E-state index is 13.1. The van der Waals surface area contributed by atoms with Gasteiger partial charge in [0, 0.05) is 16.6 Å². The van der Waals surface area contributed by atoms with Crippen LogP contribution in [-0.4, -0.2) is 12.1 Å². The molecule has 0 spiro atoms. The molecule has 0 saturated heterocycles. The molecule has 1 aromatic carbocycles. The Morgan fingerprint density at radius 1 is 1.33 bits per heavy atom. The van der Waals surface area contributed by atoms with Gasteiger partial charge in [0.1, 0.15) is 5.82 Å². The fourth-order valence-corrected chi connectivity index (χ4v) is 2.61. The summed E-state index contributed by atoms with van der Waals surface area (Å²) in [4.78, 5) is 0. The van der Waals surface area contributed by atoms with Gasteiger partial charge in [-0.2, -0.15) is 0 Å². The van der Waals surface area contributed by atoms with Crippen LogP contribution in [-0.2, 0) is 6.42 Å². The summed E-state index contributed by atoms with van der Waals surface area (Å²) >= 11 is 3.46. The highest BCUT2D eigenvalue weighted by atomic mass is 79.9. The molecule has 1 aliphatic carbocycles. The topological polar surface area (TPSA) is 12.0 Å². The second-order valence-electron chi connectivity index (χ2n) is 6.52. The quantitative estimate of drug-likeness (QED) is 0.874. The Bertz CT molecular complexity index is 433. The van der Waals surface area contributed by atoms with Crippen molar-refractivity contribution in [3.05, 3.63) is 34.1 Å². The fraction of sp³-hybridized carbons (Fsp3) is 0.600. The fourth-order valence-electron chi connectivity index (χ4n) is 2.11. The van der Waals surface area contributed by atoms with Crippen molar-refractivity contribution in [3.63, 3.8) is 0 Å². The van der Waals surface area contributed by atoms with Crippen LogP contribution < -0.4 is 5.32 Å². The predicted octanol–water partition coefficient (Wildman–Crippen LogP) is 4.30. The SMILES string of the molecule is CC(C)(C)NCC1(Cc2ccc(F)cc2Br)CC1. The molecule has 0 radical (unpaired) electrons. The molecule has 1 nitrogen and oxygen atoms in total. The lowest BCUT2D eigenvalue weighted by Crippen LogP contribution is -2.40. The van der Waals surface area contributed by atoms with E-state index in [-0.39, 0.29) is 11.4 Å². The van der Waals surface area contributed by atoms with Crippen molar-refractivity contribution in [1.82, 2.24) is 5.32 Å². The van der Waals surface area contributed by atoms with Crippen molar-refractivity contribution in [3.8, 4) is 0 Å². The second-order valence-corrected chi connectivity index (χ2v) is 7.37. The summed E-state index contributed by atoms with van der Waals surface area (Å²) in [5.74, 6) is -0.178. The molecule has 1 aliphatic rings. The smallest absolute Gasteiger partial charge is 0.124 e. The summed E-state index contributed by atoms with van der Waals surface area (Å²) in [5, 5.41) is 3.59. The molecule has 1 saturated carbocycles. The minimum Gasteiger partial charge on any atom is -0.312 e. The number of hydrogen-bond acceptors (Lipinski definition) is 1. The van der Waals surface area contributed by atoms with Gasteiger partial charge in [-0.25, -0.2) is 4.39 Å². The van der Waals surface area contributed by atoms with Crippen LogP contribution in [0.15, 0.2) is 22.7 Å². The molecule has 0 bridgehead atoms. The zero-order valence-electron chi connectivity index (χ0n) is 11.3. The van der Waals surface area contributed by atoms with E-state index >= 15 is 0 Å². The molecule has 1 aromatic rings. The Kier molecular flexibility index (Phi) is 3.84. The van der Waals surface area contributed by atoms with E-state index in [0.29, 0.717) is 5.41 Å². The lowest BCUT2D eigenvalue weighted by molar-refractivity contribution is 0.356. The van der Waals surface area contributed by atoms with Crippen LogP contribution >= 0.6 is 15.9 Å². The van der Waals surface area contributed by atoms with E-state index in [2.05, 4.69) is 42.0 Å². The molecular formula is C15H21BrFN. The minimum atomic E-state index is -0.178. The first-order valence-corrected chi connectivity index (χ1v) is 7.28. The van der Waals surface area contributed by atoms with Gasteiger partial charge in [-0.1, -0.05) is 22.0 Å². The lowest BCUT2D eigenvalue weighted by Gasteiger charge is -2.25. The van der Waals surface area contributed by atoms with Crippen LogP contribution in [0.1, 0.15) is 39.2 Å². The Morgan fingerprint density at radius 2 is 2.00 bits per heavy atom. The van der Waals surface area contributed by atoms with Crippen LogP contribution in [0, 0.1) is 11.2 Å². The highest BCUT2D eigenvalue weighted by Crippen LogP contribution is 2.48. The van der Waals surface area contributed by atoms with E-state index in [1.54, 1.807) is 12.1 Å². The summed E-state index contributed by atoms with van der Waals surface area (Å²) < 4.78 is 14.0. The van der Waals surface area contributed by atoms with Crippen LogP contribution in [0.25, 0.3) is 0 Å². The first-order chi connectivity index (χ1) is 8.30. The van der Waals surface area contributed by atoms with Gasteiger partial charge in [-0.15, -0.1) is 0 Å². The Hall–Kier alpha value is -0.410. The normalized spacial score (nSPS) is 17.8. The van der Waals surface area contributed by atoms with E-state index in [9.17, 15) is 4.39 Å². The summed E-state index contributed by atoms with van der Waals surface area (Å²) in [7, 11) is 0. The summed E-state index contributed by atoms with van der Waals surface area (Å²) in [6, 6.07) is 5.01. The molecule has 2 rings (SSSR count). The van der Waals surface area contributed by atoms with Gasteiger partial charge in [-0.05, 0) is 63.1 Å². The highest BCUT2D eigenvalue weighted by Gasteiger charge is 2.43. The van der Waals surface area contributed by atoms with E-state index in [0.717, 1.165) is 17.4 Å². The molecule has 18 heavy (non-hydrogen) atoms. The molecule has 0 unspecified atom stereocenters. The number of hydrogen-bond donors (Lipinski definition) is 1. The van der Waals surface area contributed by atoms with Crippen LogP contribution in [0.3, 0.4) is 0 Å². The van der Waals surface area contributed by atoms with Gasteiger partial charge in [0.05, 0.1) is 0 Å². The van der Waals surface area contributed by atoms with Crippen molar-refractivity contribution >= 4 is 15.9 Å². The number of rotatable bonds is 4. The van der Waals surface area contributed by atoms with E-state index in [1.165, 1.54) is 18.4 Å². The minimum absolute atomic E-state index is 0.162. The summed E-state index contributed by atoms with van der Waals surface area (Å²) in [6.07, 6.45) is 3.55. The maximum Gasteiger partial charge on any atom is 0.124 e. The van der Waals surface area contributed by atoms with E-state index in [1.807, 2.05) is 6.07 Å². The Morgan fingerprint density at radius 3 is 2.50 bits per heavy atom. The zero-order valence-corrected chi connectivity index (χ0v) is 12.9. The molecule has 0 aliphatic heterocycles. The van der Waals surface area contributed by atoms with Crippen molar-refractivity contribution in [1.29, 1.82) is 0 Å². The lowest BCUT2D eigenvalue weighted by atomic mass is 9.95. The van der Waals surface area contributed by atoms with Crippen LogP contribution in [0.2, 0.25) is 0 Å². The maximum absolute atomic E-state index is 13.1. The van der Waals surface area contributed by atoms with Gasteiger partial charge in [0.25, 0.3) is 0 Å². The molecule has 0 atom stereocenters. The largest absolute Gasteiger partial charge is 0.312 e. The van der Waals surface area contributed by atoms with Gasteiger partial charge in [-0.3, -0.25) is 0 Å². The van der Waals surface area contributed by atoms with Crippen molar-refractivity contribution in [2.45, 2.75) is 45.6 Å². The molecule has 1 fully saturated rings. The Labute approximate surface area is 117 Å². The van der Waals surface area contributed by atoms with Gasteiger partial charge in [0.15, 0.2) is 0 Å². The average molecular weight is 314 g/mol. The monoisotopic (exact) mass is 313 g/mol. The number of halogens is 2. The van der Waals surface area contributed by atoms with E-state index in [4.69, 9.17) is 0 Å². The Balaban J connectivity index is 2.00. The molecule has 3 heteroatoms. The first-order valence-electron chi connectivity index (χ1n) is 6.49. The van der Waals surface area contributed by atoms with Gasteiger partial charge in [0.2, 0.25) is 0 Å². The second kappa shape index (κ2) is 4.93. The summed E-state index contributed by atoms with van der Waals surface area (Å²) in [5.41, 5.74) is 1.76. The third kappa shape index (κ3) is 3.79. The third-order valence-electron chi connectivity index (χ3n) is 3.53. The molecule has 0 amide bonds. The first kappa shape index (κ1) is 14.0. The molecule has 1 N–H and O–H groups in total. The average Bonchev–Trinajstić information content (AvgIpc) is 3.00. The molecule has 0 heterocycles. The highest BCUT2D eigenvalue weighted by molar-refractivity contribution is 9.10. The molecular weight excluding hydrogens is 293 g/mol. The van der Waals surface area contributed by atoms with Crippen molar-refractivity contribution < 1.29 is 4.39 Å². The number of nitrogens with one attached hydrogen (secondary N) is 1. The van der Waals surface area contributed by atoms with Gasteiger partial charge < -0.3 is 5.32 Å². The summed E-state index contributed by atoms with van der Waals surface area (Å²) in [6.45, 7) is 7.62. The molecule has 0 aromatic heterocycles. The van der Waals surface area contributed by atoms with Crippen molar-refractivity contribution in [2.24, 2.45) is 5.41 Å². The van der Waals surface area contributed by atoms with Crippen LogP contribution in [0.4, 0.5) is 4.39 Å². The van der Waals surface area contributed by atoms with E-state index < -0.39 is 0 Å². The third-order valence-corrected chi connectivity index (χ3v) is 4.27. The number of benzene rings is 1.